The van der Waals surface area contributed by atoms with Gasteiger partial charge in [-0.1, -0.05) is 232 Å². The summed E-state index contributed by atoms with van der Waals surface area (Å²) >= 11 is 9.41. The SMILES string of the molecule is CCCCCCCCCCc1cccc([S+]=P([O-])([O-])[S-])c1CCCCCCCCCC.CCCCCCCCCCc1cccc([S+]=P([O-])([O-])[S-])c1CCCCCCCCCC.[Zn+2].[Zn+2].[Zn+2]. The first-order chi connectivity index (χ1) is 30.0. The molecule has 2 rings (SSSR count). The van der Waals surface area contributed by atoms with E-state index >= 15 is 0 Å². The van der Waals surface area contributed by atoms with E-state index in [9.17, 15) is 19.6 Å². The van der Waals surface area contributed by atoms with E-state index in [4.69, 9.17) is 24.5 Å². The molecule has 0 aliphatic carbocycles. The van der Waals surface area contributed by atoms with E-state index in [-0.39, 0.29) is 58.4 Å². The van der Waals surface area contributed by atoms with Crippen LogP contribution in [0, 0.1) is 0 Å². The van der Waals surface area contributed by atoms with Gasteiger partial charge in [0.05, 0.1) is 0 Å². The molecule has 0 unspecified atom stereocenters. The fourth-order valence-electron chi connectivity index (χ4n) is 8.44. The van der Waals surface area contributed by atoms with Gasteiger partial charge in [0.1, 0.15) is 21.9 Å². The molecule has 0 spiro atoms. The standard InChI is InChI=1S/2C26H45O2PS2.3Zn/c2*1-3-5-7-9-11-13-15-17-20-24-21-19-23-26(31-29(27,28)30)25(24)22-18-16-14-12-10-8-6-4-2;;;/h2*19,21,23H,3-18,20,22H2,1-2H3;;;/q2*-2;3*+2. The smallest absolute Gasteiger partial charge is 0.815 e. The van der Waals surface area contributed by atoms with Crippen LogP contribution in [0.25, 0.3) is 0 Å². The van der Waals surface area contributed by atoms with E-state index in [2.05, 4.69) is 39.8 Å². The Morgan fingerprint density at radius 2 is 0.554 bits per heavy atom. The van der Waals surface area contributed by atoms with Crippen molar-refractivity contribution in [2.75, 3.05) is 0 Å². The molecule has 0 bridgehead atoms. The minimum absolute atomic E-state index is 0. The summed E-state index contributed by atoms with van der Waals surface area (Å²) in [5.74, 6) is 0. The Bertz CT molecular complexity index is 1370. The third-order valence-electron chi connectivity index (χ3n) is 12.0. The van der Waals surface area contributed by atoms with Crippen molar-refractivity contribution in [3.63, 3.8) is 0 Å². The second-order valence-corrected chi connectivity index (χ2v) is 29.0. The summed E-state index contributed by atoms with van der Waals surface area (Å²) in [6.45, 7) is 9.03. The number of hydrogen-bond acceptors (Lipinski definition) is 6. The normalized spacial score (nSPS) is 11.2. The summed E-state index contributed by atoms with van der Waals surface area (Å²) in [6, 6.07) is 12.3. The fourth-order valence-corrected chi connectivity index (χ4v) is 13.8. The Labute approximate surface area is 458 Å². The van der Waals surface area contributed by atoms with Gasteiger partial charge in [0.15, 0.2) is 0 Å². The first kappa shape index (κ1) is 71.4. The zero-order valence-corrected chi connectivity index (χ0v) is 56.2. The zero-order valence-electron chi connectivity index (χ0n) is 42.2. The van der Waals surface area contributed by atoms with E-state index in [0.29, 0.717) is 0 Å². The second-order valence-electron chi connectivity index (χ2n) is 17.8. The van der Waals surface area contributed by atoms with Crippen LogP contribution in [-0.2, 0) is 130 Å². The van der Waals surface area contributed by atoms with Crippen LogP contribution < -0.4 is 19.6 Å². The number of benzene rings is 2. The van der Waals surface area contributed by atoms with Gasteiger partial charge >= 0.3 is 58.4 Å². The Hall–Kier alpha value is 2.15. The summed E-state index contributed by atoms with van der Waals surface area (Å²) in [5, 5.41) is 0. The molecule has 0 aliphatic heterocycles. The average molecular weight is 1170 g/mol. The topological polar surface area (TPSA) is 92.2 Å². The molecule has 0 aliphatic rings. The predicted octanol–water partition coefficient (Wildman–Crippen LogP) is 14.9. The maximum Gasteiger partial charge on any atom is 2.00 e. The fraction of sp³-hybridized carbons (Fsp3) is 0.769. The summed E-state index contributed by atoms with van der Waals surface area (Å²) in [7, 11) is 1.78. The molecule has 0 amide bonds. The van der Waals surface area contributed by atoms with Crippen molar-refractivity contribution >= 4 is 57.8 Å². The largest absolute Gasteiger partial charge is 2.00 e. The molecule has 2 aromatic rings. The monoisotopic (exact) mass is 1160 g/mol. The van der Waals surface area contributed by atoms with Gasteiger partial charge in [0, 0.05) is 23.3 Å². The van der Waals surface area contributed by atoms with E-state index < -0.39 is 11.4 Å². The van der Waals surface area contributed by atoms with Gasteiger partial charge in [-0.05, 0) is 62.5 Å². The van der Waals surface area contributed by atoms with Gasteiger partial charge in [0.2, 0.25) is 9.79 Å². The van der Waals surface area contributed by atoms with Crippen LogP contribution in [0.2, 0.25) is 0 Å². The molecule has 0 radical (unpaired) electrons. The molecule has 2 aromatic carbocycles. The van der Waals surface area contributed by atoms with Crippen LogP contribution >= 0.6 is 11.4 Å². The molecule has 4 nitrogen and oxygen atoms in total. The van der Waals surface area contributed by atoms with E-state index in [1.807, 2.05) is 24.3 Å². The molecule has 360 valence electrons. The Balaban J connectivity index is -0.00000113. The molecule has 0 heterocycles. The Morgan fingerprint density at radius 1 is 0.338 bits per heavy atom. The summed E-state index contributed by atoms with van der Waals surface area (Å²) in [6.07, 6.45) is 45.7. The van der Waals surface area contributed by atoms with Crippen molar-refractivity contribution in [3.8, 4) is 0 Å². The van der Waals surface area contributed by atoms with E-state index in [0.717, 1.165) is 70.2 Å². The van der Waals surface area contributed by atoms with Crippen molar-refractivity contribution < 1.29 is 78.0 Å². The van der Waals surface area contributed by atoms with Gasteiger partial charge < -0.3 is 44.1 Å². The first-order valence-corrected chi connectivity index (χ1v) is 33.7. The maximum absolute atomic E-state index is 11.8. The summed E-state index contributed by atoms with van der Waals surface area (Å²) in [4.78, 5) is 48.9. The number of aryl methyl sites for hydroxylation is 2. The third-order valence-corrected chi connectivity index (χ3v) is 17.5. The van der Waals surface area contributed by atoms with Gasteiger partial charge in [-0.2, -0.15) is 0 Å². The van der Waals surface area contributed by atoms with Crippen molar-refractivity contribution in [2.45, 2.75) is 269 Å². The Kier molecular flexibility index (Phi) is 53.2. The second kappa shape index (κ2) is 48.4. The molecule has 13 heteroatoms. The Morgan fingerprint density at radius 3 is 0.785 bits per heavy atom. The van der Waals surface area contributed by atoms with Gasteiger partial charge in [0.25, 0.3) is 0 Å². The molecular formula is C52H90O4P2S4Zn3+2. The summed E-state index contributed by atoms with van der Waals surface area (Å²) in [5.41, 5.74) is -2.44. The molecule has 65 heavy (non-hydrogen) atoms. The van der Waals surface area contributed by atoms with Gasteiger partial charge in [-0.3, -0.25) is 0 Å². The molecule has 0 N–H and O–H groups in total. The molecule has 0 aromatic heterocycles. The van der Waals surface area contributed by atoms with E-state index in [1.54, 1.807) is 0 Å². The molecule has 0 atom stereocenters. The van der Waals surface area contributed by atoms with Crippen LogP contribution in [-0.4, -0.2) is 0 Å². The van der Waals surface area contributed by atoms with Crippen LogP contribution in [0.1, 0.15) is 255 Å². The van der Waals surface area contributed by atoms with Crippen LogP contribution in [0.3, 0.4) is 0 Å². The molecular weight excluding hydrogens is 1070 g/mol. The molecule has 0 fully saturated rings. The van der Waals surface area contributed by atoms with Crippen LogP contribution in [0.15, 0.2) is 46.2 Å². The van der Waals surface area contributed by atoms with Gasteiger partial charge in [-0.25, -0.2) is 0 Å². The average Bonchev–Trinajstić information content (AvgIpc) is 3.22. The minimum Gasteiger partial charge on any atom is -0.815 e. The van der Waals surface area contributed by atoms with Crippen LogP contribution in [0.4, 0.5) is 0 Å². The number of unbranched alkanes of at least 4 members (excludes halogenated alkanes) is 28. The molecule has 0 saturated carbocycles. The van der Waals surface area contributed by atoms with E-state index in [1.165, 1.54) is 215 Å². The summed E-state index contributed by atoms with van der Waals surface area (Å²) < 4.78 is 0. The van der Waals surface area contributed by atoms with Gasteiger partial charge in [-0.15, -0.1) is 11.4 Å². The third kappa shape index (κ3) is 42.4. The van der Waals surface area contributed by atoms with Crippen molar-refractivity contribution in [3.05, 3.63) is 58.7 Å². The first-order valence-electron chi connectivity index (χ1n) is 25.6. The van der Waals surface area contributed by atoms with Crippen LogP contribution in [0.5, 0.6) is 0 Å². The number of rotatable bonds is 38. The number of hydrogen-bond donors (Lipinski definition) is 0. The van der Waals surface area contributed by atoms with Crippen molar-refractivity contribution in [1.29, 1.82) is 0 Å². The maximum atomic E-state index is 11.8. The zero-order chi connectivity index (χ0) is 45.6. The van der Waals surface area contributed by atoms with Crippen molar-refractivity contribution in [1.82, 2.24) is 0 Å². The minimum atomic E-state index is -3.80. The predicted molar refractivity (Wildman–Crippen MR) is 278 cm³/mol. The quantitative estimate of drug-likeness (QED) is 0.0219. The van der Waals surface area contributed by atoms with Crippen molar-refractivity contribution in [2.24, 2.45) is 0 Å². The molecule has 0 saturated heterocycles.